The van der Waals surface area contributed by atoms with Gasteiger partial charge in [-0.1, -0.05) is 0 Å². The van der Waals surface area contributed by atoms with E-state index < -0.39 is 17.7 Å². The fraction of sp³-hybridized carbons (Fsp3) is 0.909. The maximum absolute atomic E-state index is 11.5. The van der Waals surface area contributed by atoms with Crippen LogP contribution in [-0.2, 0) is 4.74 Å². The van der Waals surface area contributed by atoms with Crippen LogP contribution in [0.1, 0.15) is 46.5 Å². The number of rotatable bonds is 2. The van der Waals surface area contributed by atoms with E-state index in [0.717, 1.165) is 12.8 Å². The van der Waals surface area contributed by atoms with Crippen molar-refractivity contribution < 1.29 is 14.5 Å². The van der Waals surface area contributed by atoms with Crippen molar-refractivity contribution in [3.8, 4) is 0 Å². The summed E-state index contributed by atoms with van der Waals surface area (Å²) < 4.78 is 5.12. The Kier molecular flexibility index (Phi) is 4.31. The summed E-state index contributed by atoms with van der Waals surface area (Å²) in [5.74, 6) is 0. The summed E-state index contributed by atoms with van der Waals surface area (Å²) in [4.78, 5) is 21.9. The normalized spacial score (nSPS) is 25.1. The second-order valence-corrected chi connectivity index (χ2v) is 5.45. The lowest BCUT2D eigenvalue weighted by Crippen LogP contribution is -2.43. The van der Waals surface area contributed by atoms with Crippen LogP contribution in [0.5, 0.6) is 0 Å². The first-order valence-electron chi connectivity index (χ1n) is 5.91. The van der Waals surface area contributed by atoms with Gasteiger partial charge >= 0.3 is 6.09 Å². The topological polar surface area (TPSA) is 81.5 Å². The molecule has 98 valence electrons. The average molecular weight is 244 g/mol. The highest BCUT2D eigenvalue weighted by Crippen LogP contribution is 2.21. The van der Waals surface area contributed by atoms with Gasteiger partial charge in [-0.25, -0.2) is 4.79 Å². The first kappa shape index (κ1) is 13.7. The molecule has 0 aromatic heterocycles. The monoisotopic (exact) mass is 244 g/mol. The van der Waals surface area contributed by atoms with E-state index in [1.807, 2.05) is 0 Å². The average Bonchev–Trinajstić information content (AvgIpc) is 2.14. The van der Waals surface area contributed by atoms with E-state index in [2.05, 4.69) is 5.32 Å². The van der Waals surface area contributed by atoms with Gasteiger partial charge in [0.15, 0.2) is 0 Å². The molecule has 0 heterocycles. The van der Waals surface area contributed by atoms with Crippen LogP contribution in [0.2, 0.25) is 0 Å². The van der Waals surface area contributed by atoms with Crippen LogP contribution in [0.25, 0.3) is 0 Å². The Morgan fingerprint density at radius 1 is 1.41 bits per heavy atom. The molecule has 0 aliphatic heterocycles. The van der Waals surface area contributed by atoms with Crippen LogP contribution >= 0.6 is 0 Å². The molecule has 0 aromatic carbocycles. The van der Waals surface area contributed by atoms with Gasteiger partial charge in [-0.3, -0.25) is 10.1 Å². The minimum absolute atomic E-state index is 0.144. The molecule has 1 aliphatic rings. The zero-order valence-corrected chi connectivity index (χ0v) is 10.6. The van der Waals surface area contributed by atoms with E-state index in [4.69, 9.17) is 4.74 Å². The minimum Gasteiger partial charge on any atom is -0.444 e. The highest BCUT2D eigenvalue weighted by Gasteiger charge is 2.31. The zero-order valence-electron chi connectivity index (χ0n) is 10.6. The van der Waals surface area contributed by atoms with Crippen molar-refractivity contribution >= 4 is 6.09 Å². The van der Waals surface area contributed by atoms with Gasteiger partial charge in [0.25, 0.3) is 0 Å². The molecule has 6 nitrogen and oxygen atoms in total. The number of ether oxygens (including phenoxy) is 1. The standard InChI is InChI=1S/C11H20N2O4/c1-11(2,3)17-10(14)12-8-5-4-6-9(7-8)13(15)16/h8-9H,4-7H2,1-3H3,(H,12,14)/t8-,9-/m1/s1. The van der Waals surface area contributed by atoms with Crippen LogP contribution in [0.15, 0.2) is 0 Å². The Morgan fingerprint density at radius 3 is 2.59 bits per heavy atom. The van der Waals surface area contributed by atoms with Crippen molar-refractivity contribution in [1.29, 1.82) is 0 Å². The SMILES string of the molecule is CC(C)(C)OC(=O)N[C@@H]1CCC[C@@H]([N+](=O)[O-])C1. The lowest BCUT2D eigenvalue weighted by Gasteiger charge is -2.27. The molecule has 1 fully saturated rings. The molecule has 2 atom stereocenters. The largest absolute Gasteiger partial charge is 0.444 e. The maximum Gasteiger partial charge on any atom is 0.407 e. The maximum atomic E-state index is 11.5. The molecule has 1 N–H and O–H groups in total. The molecule has 1 amide bonds. The van der Waals surface area contributed by atoms with Crippen LogP contribution in [0.4, 0.5) is 4.79 Å². The van der Waals surface area contributed by atoms with Crippen molar-refractivity contribution in [2.45, 2.75) is 64.1 Å². The summed E-state index contributed by atoms with van der Waals surface area (Å²) in [5.41, 5.74) is -0.540. The van der Waals surface area contributed by atoms with Gasteiger partial charge in [0, 0.05) is 23.8 Å². The molecular formula is C11H20N2O4. The molecule has 0 unspecified atom stereocenters. The molecule has 0 bridgehead atoms. The number of alkyl carbamates (subject to hydrolysis) is 1. The van der Waals surface area contributed by atoms with Gasteiger partial charge in [0.2, 0.25) is 6.04 Å². The summed E-state index contributed by atoms with van der Waals surface area (Å²) in [7, 11) is 0. The summed E-state index contributed by atoms with van der Waals surface area (Å²) in [6, 6.07) is -0.683. The van der Waals surface area contributed by atoms with Crippen LogP contribution in [0.3, 0.4) is 0 Å². The Hall–Kier alpha value is -1.33. The third-order valence-electron chi connectivity index (χ3n) is 2.67. The smallest absolute Gasteiger partial charge is 0.407 e. The number of nitro groups is 1. The molecule has 1 aliphatic carbocycles. The summed E-state index contributed by atoms with van der Waals surface area (Å²) in [6.07, 6.45) is 2.05. The quantitative estimate of drug-likeness (QED) is 0.595. The van der Waals surface area contributed by atoms with Crippen LogP contribution < -0.4 is 5.32 Å². The molecule has 0 spiro atoms. The van der Waals surface area contributed by atoms with Crippen molar-refractivity contribution in [3.05, 3.63) is 10.1 Å². The molecule has 0 radical (unpaired) electrons. The van der Waals surface area contributed by atoms with E-state index in [1.54, 1.807) is 20.8 Å². The number of carbonyl (C=O) groups excluding carboxylic acids is 1. The predicted molar refractivity (Wildman–Crippen MR) is 62.4 cm³/mol. The first-order valence-corrected chi connectivity index (χ1v) is 5.91. The molecule has 1 rings (SSSR count). The van der Waals surface area contributed by atoms with Crippen molar-refractivity contribution in [2.75, 3.05) is 0 Å². The molecule has 0 aromatic rings. The fourth-order valence-electron chi connectivity index (χ4n) is 1.96. The highest BCUT2D eigenvalue weighted by molar-refractivity contribution is 5.68. The van der Waals surface area contributed by atoms with Crippen LogP contribution in [0, 0.1) is 10.1 Å². The lowest BCUT2D eigenvalue weighted by atomic mass is 9.91. The number of nitrogens with one attached hydrogen (secondary N) is 1. The number of carbonyl (C=O) groups is 1. The fourth-order valence-corrected chi connectivity index (χ4v) is 1.96. The summed E-state index contributed by atoms with van der Waals surface area (Å²) >= 11 is 0. The van der Waals surface area contributed by atoms with E-state index in [0.29, 0.717) is 12.8 Å². The molecular weight excluding hydrogens is 224 g/mol. The van der Waals surface area contributed by atoms with Gasteiger partial charge in [-0.15, -0.1) is 0 Å². The second-order valence-electron chi connectivity index (χ2n) is 5.45. The predicted octanol–water partition coefficient (Wildman–Crippen LogP) is 2.10. The van der Waals surface area contributed by atoms with Crippen molar-refractivity contribution in [1.82, 2.24) is 5.32 Å². The Balaban J connectivity index is 2.41. The third kappa shape index (κ3) is 5.01. The van der Waals surface area contributed by atoms with E-state index in [-0.39, 0.29) is 11.0 Å². The molecule has 6 heteroatoms. The molecule has 0 saturated heterocycles. The highest BCUT2D eigenvalue weighted by atomic mass is 16.6. The summed E-state index contributed by atoms with van der Waals surface area (Å²) in [6.45, 7) is 5.35. The number of amides is 1. The number of hydrogen-bond donors (Lipinski definition) is 1. The second kappa shape index (κ2) is 5.33. The van der Waals surface area contributed by atoms with Crippen LogP contribution in [-0.4, -0.2) is 28.7 Å². The zero-order chi connectivity index (χ0) is 13.1. The van der Waals surface area contributed by atoms with Gasteiger partial charge < -0.3 is 10.1 Å². The van der Waals surface area contributed by atoms with Crippen molar-refractivity contribution in [3.63, 3.8) is 0 Å². The lowest BCUT2D eigenvalue weighted by molar-refractivity contribution is -0.526. The van der Waals surface area contributed by atoms with Gasteiger partial charge in [0.05, 0.1) is 0 Å². The molecule has 1 saturated carbocycles. The Labute approximate surface area is 101 Å². The van der Waals surface area contributed by atoms with E-state index in [1.165, 1.54) is 0 Å². The minimum atomic E-state index is -0.540. The van der Waals surface area contributed by atoms with E-state index in [9.17, 15) is 14.9 Å². The number of nitrogens with zero attached hydrogens (tertiary/aromatic N) is 1. The number of hydrogen-bond acceptors (Lipinski definition) is 4. The van der Waals surface area contributed by atoms with E-state index >= 15 is 0 Å². The Morgan fingerprint density at radius 2 is 2.06 bits per heavy atom. The Bertz CT molecular complexity index is 298. The third-order valence-corrected chi connectivity index (χ3v) is 2.67. The summed E-state index contributed by atoms with van der Waals surface area (Å²) in [5, 5.41) is 13.4. The molecule has 17 heavy (non-hydrogen) atoms. The first-order chi connectivity index (χ1) is 7.78. The van der Waals surface area contributed by atoms with Gasteiger partial charge in [-0.2, -0.15) is 0 Å². The van der Waals surface area contributed by atoms with Gasteiger partial charge in [0.1, 0.15) is 5.60 Å². The van der Waals surface area contributed by atoms with Crippen molar-refractivity contribution in [2.24, 2.45) is 0 Å². The van der Waals surface area contributed by atoms with Gasteiger partial charge in [-0.05, 0) is 33.6 Å².